The van der Waals surface area contributed by atoms with E-state index in [4.69, 9.17) is 4.42 Å². The Bertz CT molecular complexity index is 1380. The van der Waals surface area contributed by atoms with Gasteiger partial charge in [-0.15, -0.1) is 0 Å². The number of fused-ring (bicyclic) bond motifs is 1. The lowest BCUT2D eigenvalue weighted by molar-refractivity contribution is -0.117. The second kappa shape index (κ2) is 7.06. The van der Waals surface area contributed by atoms with E-state index in [9.17, 15) is 24.2 Å². The lowest BCUT2D eigenvalue weighted by Crippen LogP contribution is -2.30. The van der Waals surface area contributed by atoms with Crippen LogP contribution in [0.2, 0.25) is 0 Å². The number of phenolic OH excluding ortho intramolecular Hbond substituents is 1. The van der Waals surface area contributed by atoms with Gasteiger partial charge in [-0.3, -0.25) is 14.5 Å². The third-order valence-electron chi connectivity index (χ3n) is 4.93. The summed E-state index contributed by atoms with van der Waals surface area (Å²) >= 11 is 1.05. The van der Waals surface area contributed by atoms with Gasteiger partial charge in [0.2, 0.25) is 5.78 Å². The van der Waals surface area contributed by atoms with Crippen molar-refractivity contribution in [2.24, 2.45) is 0 Å². The number of benzene rings is 2. The maximum atomic E-state index is 13.6. The van der Waals surface area contributed by atoms with E-state index in [1.807, 2.05) is 0 Å². The van der Waals surface area contributed by atoms with Crippen molar-refractivity contribution in [3.05, 3.63) is 89.3 Å². The molecule has 1 aliphatic heterocycles. The maximum Gasteiger partial charge on any atom is 0.296 e. The largest absolute Gasteiger partial charge is 0.508 e. The molecule has 0 aliphatic carbocycles. The third kappa shape index (κ3) is 3.06. The minimum atomic E-state index is -1.07. The molecule has 9 heteroatoms. The van der Waals surface area contributed by atoms with Crippen LogP contribution in [0.4, 0.5) is 9.52 Å². The van der Waals surface area contributed by atoms with E-state index >= 15 is 0 Å². The first-order chi connectivity index (χ1) is 14.9. The molecule has 2 N–H and O–H groups in total. The van der Waals surface area contributed by atoms with Crippen LogP contribution in [0.3, 0.4) is 0 Å². The number of halogens is 1. The number of aromatic hydroxyl groups is 1. The molecule has 1 aliphatic rings. The van der Waals surface area contributed by atoms with Crippen molar-refractivity contribution in [3.8, 4) is 5.75 Å². The van der Waals surface area contributed by atoms with Gasteiger partial charge in [0.05, 0.1) is 28.1 Å². The fourth-order valence-electron chi connectivity index (χ4n) is 3.57. The average molecular weight is 436 g/mol. The van der Waals surface area contributed by atoms with E-state index in [1.165, 1.54) is 53.6 Å². The number of thiazole rings is 1. The summed E-state index contributed by atoms with van der Waals surface area (Å²) in [6.45, 7) is 0. The van der Waals surface area contributed by atoms with Crippen molar-refractivity contribution in [1.29, 1.82) is 0 Å². The Morgan fingerprint density at radius 3 is 2.71 bits per heavy atom. The molecule has 0 bridgehead atoms. The minimum absolute atomic E-state index is 0.0484. The molecule has 3 heterocycles. The van der Waals surface area contributed by atoms with Crippen LogP contribution in [0.1, 0.15) is 22.2 Å². The zero-order valence-electron chi connectivity index (χ0n) is 15.7. The Hall–Kier alpha value is -3.98. The highest BCUT2D eigenvalue weighted by molar-refractivity contribution is 7.22. The molecular formula is C22H13FN2O5S. The Balaban J connectivity index is 1.70. The molecule has 0 fully saturated rings. The number of Topliss-reactive ketones (excluding diaryl/α,β-unsaturated/α-hetero) is 1. The molecule has 5 rings (SSSR count). The molecular weight excluding hydrogens is 423 g/mol. The molecule has 31 heavy (non-hydrogen) atoms. The molecule has 0 saturated carbocycles. The second-order valence-corrected chi connectivity index (χ2v) is 7.86. The van der Waals surface area contributed by atoms with Crippen molar-refractivity contribution in [3.63, 3.8) is 0 Å². The Morgan fingerprint density at radius 2 is 1.97 bits per heavy atom. The van der Waals surface area contributed by atoms with Crippen molar-refractivity contribution in [2.75, 3.05) is 4.90 Å². The topological polar surface area (TPSA) is 104 Å². The van der Waals surface area contributed by atoms with Crippen LogP contribution < -0.4 is 4.90 Å². The number of hydrogen-bond acceptors (Lipinski definition) is 7. The van der Waals surface area contributed by atoms with Gasteiger partial charge < -0.3 is 14.6 Å². The highest BCUT2D eigenvalue weighted by Gasteiger charge is 2.46. The number of amides is 1. The molecule has 0 radical (unpaired) electrons. The minimum Gasteiger partial charge on any atom is -0.508 e. The van der Waals surface area contributed by atoms with Gasteiger partial charge in [0.1, 0.15) is 11.6 Å². The van der Waals surface area contributed by atoms with Gasteiger partial charge in [-0.2, -0.15) is 0 Å². The van der Waals surface area contributed by atoms with Crippen molar-refractivity contribution >= 4 is 38.4 Å². The van der Waals surface area contributed by atoms with Gasteiger partial charge in [0.15, 0.2) is 16.7 Å². The Labute approximate surface area is 178 Å². The quantitative estimate of drug-likeness (QED) is 0.456. The van der Waals surface area contributed by atoms with Crippen molar-refractivity contribution in [2.45, 2.75) is 6.04 Å². The zero-order valence-corrected chi connectivity index (χ0v) is 16.5. The number of aromatic nitrogens is 1. The van der Waals surface area contributed by atoms with Gasteiger partial charge in [0.25, 0.3) is 5.91 Å². The highest BCUT2D eigenvalue weighted by atomic mass is 32.1. The van der Waals surface area contributed by atoms with E-state index in [1.54, 1.807) is 12.1 Å². The van der Waals surface area contributed by atoms with E-state index in [0.29, 0.717) is 15.8 Å². The molecule has 154 valence electrons. The number of carbonyl (C=O) groups excluding carboxylic acids is 2. The van der Waals surface area contributed by atoms with Crippen LogP contribution >= 0.6 is 11.3 Å². The van der Waals surface area contributed by atoms with Crippen LogP contribution in [-0.2, 0) is 4.79 Å². The van der Waals surface area contributed by atoms with Crippen molar-refractivity contribution in [1.82, 2.24) is 4.98 Å². The average Bonchev–Trinajstić information content (AvgIpc) is 3.46. The summed E-state index contributed by atoms with van der Waals surface area (Å²) < 4.78 is 19.3. The summed E-state index contributed by atoms with van der Waals surface area (Å²) in [5, 5.41) is 20.8. The van der Waals surface area contributed by atoms with Gasteiger partial charge in [-0.05, 0) is 48.0 Å². The number of phenols is 1. The summed E-state index contributed by atoms with van der Waals surface area (Å²) in [6, 6.07) is 11.9. The number of furan rings is 1. The molecule has 1 unspecified atom stereocenters. The van der Waals surface area contributed by atoms with E-state index in [2.05, 4.69) is 4.98 Å². The van der Waals surface area contributed by atoms with Crippen LogP contribution in [-0.4, -0.2) is 26.9 Å². The van der Waals surface area contributed by atoms with Crippen molar-refractivity contribution < 1.29 is 28.6 Å². The van der Waals surface area contributed by atoms with Crippen LogP contribution in [0, 0.1) is 5.82 Å². The van der Waals surface area contributed by atoms with E-state index in [-0.39, 0.29) is 22.2 Å². The summed E-state index contributed by atoms with van der Waals surface area (Å²) in [5.74, 6) is -2.81. The number of aliphatic hydroxyl groups excluding tert-OH is 1. The van der Waals surface area contributed by atoms with Crippen LogP contribution in [0.5, 0.6) is 5.75 Å². The molecule has 4 aromatic rings. The number of ketones is 1. The number of anilines is 1. The molecule has 7 nitrogen and oxygen atoms in total. The van der Waals surface area contributed by atoms with Crippen LogP contribution in [0.25, 0.3) is 10.2 Å². The number of rotatable bonds is 4. The maximum absolute atomic E-state index is 13.6. The SMILES string of the molecule is O=C(C1=C(O)C(=O)N(c2nc3ccc(F)cc3s2)C1c1cccc(O)c1)c1ccco1. The summed E-state index contributed by atoms with van der Waals surface area (Å²) in [5.41, 5.74) is 0.655. The molecule has 2 aromatic heterocycles. The van der Waals surface area contributed by atoms with Gasteiger partial charge in [0, 0.05) is 0 Å². The second-order valence-electron chi connectivity index (χ2n) is 6.85. The van der Waals surface area contributed by atoms with E-state index in [0.717, 1.165) is 11.3 Å². The summed E-state index contributed by atoms with van der Waals surface area (Å²) in [4.78, 5) is 31.7. The zero-order chi connectivity index (χ0) is 21.7. The monoisotopic (exact) mass is 436 g/mol. The lowest BCUT2D eigenvalue weighted by Gasteiger charge is -2.24. The first-order valence-electron chi connectivity index (χ1n) is 9.14. The van der Waals surface area contributed by atoms with Gasteiger partial charge >= 0.3 is 0 Å². The molecule has 0 saturated heterocycles. The van der Waals surface area contributed by atoms with Gasteiger partial charge in [-0.25, -0.2) is 9.37 Å². The fraction of sp³-hybridized carbons (Fsp3) is 0.0455. The number of nitrogens with zero attached hydrogens (tertiary/aromatic N) is 2. The van der Waals surface area contributed by atoms with E-state index < -0.39 is 29.3 Å². The first kappa shape index (κ1) is 19.0. The molecule has 2 aromatic carbocycles. The highest BCUT2D eigenvalue weighted by Crippen LogP contribution is 2.44. The summed E-state index contributed by atoms with van der Waals surface area (Å²) in [6.07, 6.45) is 1.31. The standard InChI is InChI=1S/C22H13FN2O5S/c23-12-6-7-14-16(10-12)31-22(24-14)25-18(11-3-1-4-13(26)9-11)17(20(28)21(25)29)19(27)15-5-2-8-30-15/h1-10,18,26,28H. The van der Waals surface area contributed by atoms with Crippen LogP contribution in [0.15, 0.2) is 76.6 Å². The Morgan fingerprint density at radius 1 is 1.13 bits per heavy atom. The molecule has 1 atom stereocenters. The third-order valence-corrected chi connectivity index (χ3v) is 5.95. The smallest absolute Gasteiger partial charge is 0.296 e. The lowest BCUT2D eigenvalue weighted by atomic mass is 9.95. The molecule has 1 amide bonds. The normalized spacial score (nSPS) is 16.5. The predicted molar refractivity (Wildman–Crippen MR) is 111 cm³/mol. The Kier molecular flexibility index (Phi) is 4.33. The number of carbonyl (C=O) groups is 2. The van der Waals surface area contributed by atoms with Gasteiger partial charge in [-0.1, -0.05) is 23.5 Å². The molecule has 0 spiro atoms. The number of aliphatic hydroxyl groups is 1. The summed E-state index contributed by atoms with van der Waals surface area (Å²) in [7, 11) is 0. The number of hydrogen-bond donors (Lipinski definition) is 2. The first-order valence-corrected chi connectivity index (χ1v) is 9.95. The fourth-order valence-corrected chi connectivity index (χ4v) is 4.59. The predicted octanol–water partition coefficient (Wildman–Crippen LogP) is 4.52.